The topological polar surface area (TPSA) is 0 Å². The third-order valence-electron chi connectivity index (χ3n) is 3.25. The van der Waals surface area contributed by atoms with Crippen molar-refractivity contribution in [2.75, 3.05) is 0 Å². The molecule has 96 valence electrons. The molecule has 0 bridgehead atoms. The molecule has 1 aliphatic carbocycles. The Hall–Kier alpha value is -1.51. The number of halogens is 3. The first-order chi connectivity index (χ1) is 8.50. The summed E-state index contributed by atoms with van der Waals surface area (Å²) in [4.78, 5) is 0. The minimum absolute atomic E-state index is 0.0743. The lowest BCUT2D eigenvalue weighted by molar-refractivity contribution is -0.0939. The van der Waals surface area contributed by atoms with Gasteiger partial charge in [0.25, 0.3) is 0 Å². The van der Waals surface area contributed by atoms with Gasteiger partial charge in [0.1, 0.15) is 0 Å². The molecule has 0 aliphatic heterocycles. The molecule has 3 heteroatoms. The highest BCUT2D eigenvalue weighted by Crippen LogP contribution is 2.35. The van der Waals surface area contributed by atoms with Gasteiger partial charge in [-0.2, -0.15) is 13.2 Å². The standard InChI is InChI=1S/C15H15F3/c1-2-11-3-5-12(6-4-11)13-7-9-14(10-8-13)15(16,17)18/h3-7,9H,2,8,10H2,1H3. The molecular weight excluding hydrogens is 237 g/mol. The molecule has 0 saturated heterocycles. The van der Waals surface area contributed by atoms with Crippen molar-refractivity contribution in [3.8, 4) is 0 Å². The van der Waals surface area contributed by atoms with E-state index in [9.17, 15) is 13.2 Å². The second-order valence-corrected chi connectivity index (χ2v) is 4.43. The number of allylic oxidation sites excluding steroid dienone is 4. The van der Waals surface area contributed by atoms with Gasteiger partial charge < -0.3 is 0 Å². The van der Waals surface area contributed by atoms with Gasteiger partial charge in [0, 0.05) is 5.57 Å². The molecule has 1 aliphatic rings. The summed E-state index contributed by atoms with van der Waals surface area (Å²) < 4.78 is 37.4. The maximum atomic E-state index is 12.5. The zero-order valence-corrected chi connectivity index (χ0v) is 10.2. The molecular formula is C15H15F3. The van der Waals surface area contributed by atoms with Crippen LogP contribution in [0.25, 0.3) is 5.57 Å². The van der Waals surface area contributed by atoms with E-state index in [1.54, 1.807) is 6.08 Å². The molecule has 0 fully saturated rings. The van der Waals surface area contributed by atoms with Crippen LogP contribution in [0.5, 0.6) is 0 Å². The zero-order chi connectivity index (χ0) is 13.2. The Morgan fingerprint density at radius 3 is 2.11 bits per heavy atom. The SMILES string of the molecule is CCc1ccc(C2=CC=C(C(F)(F)F)CC2)cc1. The second kappa shape index (κ2) is 5.01. The van der Waals surface area contributed by atoms with Gasteiger partial charge in [0.05, 0.1) is 0 Å². The molecule has 0 amide bonds. The van der Waals surface area contributed by atoms with E-state index in [-0.39, 0.29) is 6.42 Å². The van der Waals surface area contributed by atoms with Gasteiger partial charge in [-0.3, -0.25) is 0 Å². The first-order valence-electron chi connectivity index (χ1n) is 6.07. The van der Waals surface area contributed by atoms with Crippen molar-refractivity contribution in [3.63, 3.8) is 0 Å². The van der Waals surface area contributed by atoms with Crippen LogP contribution in [0.2, 0.25) is 0 Å². The summed E-state index contributed by atoms with van der Waals surface area (Å²) in [6, 6.07) is 8.02. The summed E-state index contributed by atoms with van der Waals surface area (Å²) in [5.41, 5.74) is 2.80. The fraction of sp³-hybridized carbons (Fsp3) is 0.333. The Morgan fingerprint density at radius 1 is 1.00 bits per heavy atom. The Labute approximate surface area is 105 Å². The molecule has 0 saturated carbocycles. The summed E-state index contributed by atoms with van der Waals surface area (Å²) in [7, 11) is 0. The number of aryl methyl sites for hydroxylation is 1. The fourth-order valence-corrected chi connectivity index (χ4v) is 2.07. The average Bonchev–Trinajstić information content (AvgIpc) is 2.38. The van der Waals surface area contributed by atoms with Crippen LogP contribution in [0.3, 0.4) is 0 Å². The van der Waals surface area contributed by atoms with Crippen LogP contribution in [0.15, 0.2) is 42.0 Å². The molecule has 0 N–H and O–H groups in total. The molecule has 0 unspecified atom stereocenters. The third kappa shape index (κ3) is 2.84. The lowest BCUT2D eigenvalue weighted by Crippen LogP contribution is -2.13. The van der Waals surface area contributed by atoms with Crippen molar-refractivity contribution in [2.24, 2.45) is 0 Å². The van der Waals surface area contributed by atoms with Crippen molar-refractivity contribution in [1.82, 2.24) is 0 Å². The summed E-state index contributed by atoms with van der Waals surface area (Å²) in [6.45, 7) is 2.08. The Bertz CT molecular complexity index is 475. The molecule has 0 radical (unpaired) electrons. The normalized spacial score (nSPS) is 16.2. The monoisotopic (exact) mass is 252 g/mol. The van der Waals surface area contributed by atoms with Crippen molar-refractivity contribution >= 4 is 5.57 Å². The highest BCUT2D eigenvalue weighted by molar-refractivity contribution is 5.69. The Kier molecular flexibility index (Phi) is 3.60. The number of hydrogen-bond donors (Lipinski definition) is 0. The van der Waals surface area contributed by atoms with Gasteiger partial charge in [-0.1, -0.05) is 43.3 Å². The minimum atomic E-state index is -4.19. The lowest BCUT2D eigenvalue weighted by Gasteiger charge is -2.17. The van der Waals surface area contributed by atoms with Crippen LogP contribution in [-0.4, -0.2) is 6.18 Å². The molecule has 1 aromatic rings. The van der Waals surface area contributed by atoms with Crippen LogP contribution in [-0.2, 0) is 6.42 Å². The van der Waals surface area contributed by atoms with E-state index < -0.39 is 11.7 Å². The smallest absolute Gasteiger partial charge is 0.166 e. The predicted octanol–water partition coefficient (Wildman–Crippen LogP) is 4.91. The number of hydrogen-bond acceptors (Lipinski definition) is 0. The molecule has 0 spiro atoms. The summed E-state index contributed by atoms with van der Waals surface area (Å²) in [6.07, 6.45) is 0.104. The Balaban J connectivity index is 2.20. The molecule has 0 atom stereocenters. The summed E-state index contributed by atoms with van der Waals surface area (Å²) in [5, 5.41) is 0. The largest absolute Gasteiger partial charge is 0.412 e. The van der Waals surface area contributed by atoms with Gasteiger partial charge in [-0.15, -0.1) is 0 Å². The number of rotatable bonds is 2. The summed E-state index contributed by atoms with van der Waals surface area (Å²) in [5.74, 6) is 0. The minimum Gasteiger partial charge on any atom is -0.166 e. The van der Waals surface area contributed by atoms with Crippen LogP contribution < -0.4 is 0 Å². The van der Waals surface area contributed by atoms with E-state index in [0.717, 1.165) is 17.6 Å². The lowest BCUT2D eigenvalue weighted by atomic mass is 9.92. The fourth-order valence-electron chi connectivity index (χ4n) is 2.07. The van der Waals surface area contributed by atoms with Crippen molar-refractivity contribution < 1.29 is 13.2 Å². The van der Waals surface area contributed by atoms with Crippen LogP contribution >= 0.6 is 0 Å². The van der Waals surface area contributed by atoms with E-state index in [0.29, 0.717) is 6.42 Å². The highest BCUT2D eigenvalue weighted by atomic mass is 19.4. The maximum absolute atomic E-state index is 12.5. The molecule has 18 heavy (non-hydrogen) atoms. The maximum Gasteiger partial charge on any atom is 0.412 e. The van der Waals surface area contributed by atoms with Crippen LogP contribution in [0.4, 0.5) is 13.2 Å². The van der Waals surface area contributed by atoms with Gasteiger partial charge in [-0.25, -0.2) is 0 Å². The first-order valence-corrected chi connectivity index (χ1v) is 6.07. The van der Waals surface area contributed by atoms with E-state index in [1.807, 2.05) is 24.3 Å². The van der Waals surface area contributed by atoms with Crippen molar-refractivity contribution in [1.29, 1.82) is 0 Å². The average molecular weight is 252 g/mol. The first kappa shape index (κ1) is 12.9. The molecule has 0 heterocycles. The van der Waals surface area contributed by atoms with Gasteiger partial charge in [-0.05, 0) is 36.0 Å². The number of alkyl halides is 3. The second-order valence-electron chi connectivity index (χ2n) is 4.43. The number of benzene rings is 1. The van der Waals surface area contributed by atoms with Crippen LogP contribution in [0, 0.1) is 0 Å². The van der Waals surface area contributed by atoms with Crippen molar-refractivity contribution in [2.45, 2.75) is 32.4 Å². The summed E-state index contributed by atoms with van der Waals surface area (Å²) >= 11 is 0. The molecule has 0 nitrogen and oxygen atoms in total. The van der Waals surface area contributed by atoms with E-state index >= 15 is 0 Å². The van der Waals surface area contributed by atoms with Crippen molar-refractivity contribution in [3.05, 3.63) is 53.1 Å². The van der Waals surface area contributed by atoms with Gasteiger partial charge >= 0.3 is 6.18 Å². The predicted molar refractivity (Wildman–Crippen MR) is 67.2 cm³/mol. The molecule has 2 rings (SSSR count). The molecule has 0 aromatic heterocycles. The van der Waals surface area contributed by atoms with E-state index in [2.05, 4.69) is 6.92 Å². The Morgan fingerprint density at radius 2 is 1.67 bits per heavy atom. The van der Waals surface area contributed by atoms with E-state index in [1.165, 1.54) is 11.6 Å². The van der Waals surface area contributed by atoms with Gasteiger partial charge in [0.15, 0.2) is 0 Å². The zero-order valence-electron chi connectivity index (χ0n) is 10.2. The van der Waals surface area contributed by atoms with E-state index in [4.69, 9.17) is 0 Å². The highest BCUT2D eigenvalue weighted by Gasteiger charge is 2.33. The van der Waals surface area contributed by atoms with Gasteiger partial charge in [0.2, 0.25) is 0 Å². The molecule has 1 aromatic carbocycles. The van der Waals surface area contributed by atoms with Crippen LogP contribution in [0.1, 0.15) is 30.9 Å². The third-order valence-corrected chi connectivity index (χ3v) is 3.25. The quantitative estimate of drug-likeness (QED) is 0.701.